The molecule has 0 saturated carbocycles. The van der Waals surface area contributed by atoms with E-state index in [1.54, 1.807) is 0 Å². The molecule has 0 radical (unpaired) electrons. The van der Waals surface area contributed by atoms with Crippen LogP contribution in [-0.4, -0.2) is 52.3 Å². The summed E-state index contributed by atoms with van der Waals surface area (Å²) in [6.07, 6.45) is 3.97. The van der Waals surface area contributed by atoms with Gasteiger partial charge in [0.15, 0.2) is 0 Å². The number of nitrogens with zero attached hydrogens (tertiary/aromatic N) is 2. The molecule has 5 nitrogen and oxygen atoms in total. The van der Waals surface area contributed by atoms with Crippen LogP contribution in [0.2, 0.25) is 0 Å². The van der Waals surface area contributed by atoms with Crippen molar-refractivity contribution in [2.75, 3.05) is 19.6 Å². The number of piperidine rings is 1. The van der Waals surface area contributed by atoms with Crippen LogP contribution in [0.15, 0.2) is 29.8 Å². The number of allylic oxidation sites excluding steroid dienone is 1. The Bertz CT molecular complexity index is 968. The van der Waals surface area contributed by atoms with Gasteiger partial charge in [0.1, 0.15) is 0 Å². The zero-order valence-corrected chi connectivity index (χ0v) is 17.2. The molecule has 1 aromatic heterocycles. The van der Waals surface area contributed by atoms with Crippen LogP contribution < -0.4 is 0 Å². The molecule has 0 spiro atoms. The van der Waals surface area contributed by atoms with Crippen LogP contribution in [0.25, 0.3) is 10.9 Å². The third kappa shape index (κ3) is 3.23. The Balaban J connectivity index is 1.60. The molecule has 148 valence electrons. The van der Waals surface area contributed by atoms with E-state index in [1.807, 2.05) is 28.0 Å². The molecule has 3 aliphatic rings. The summed E-state index contributed by atoms with van der Waals surface area (Å²) in [4.78, 5) is 33.4. The molecule has 3 saturated heterocycles. The van der Waals surface area contributed by atoms with Crippen LogP contribution in [0.5, 0.6) is 0 Å². The van der Waals surface area contributed by atoms with Gasteiger partial charge in [-0.1, -0.05) is 11.6 Å². The maximum Gasteiger partial charge on any atom is 0.253 e. The molecule has 0 aliphatic carbocycles. The number of amides is 2. The lowest BCUT2D eigenvalue weighted by Gasteiger charge is -2.35. The van der Waals surface area contributed by atoms with Crippen LogP contribution in [-0.2, 0) is 4.79 Å². The highest BCUT2D eigenvalue weighted by Crippen LogP contribution is 2.30. The Morgan fingerprint density at radius 1 is 1.21 bits per heavy atom. The average Bonchev–Trinajstić information content (AvgIpc) is 2.82. The third-order valence-corrected chi connectivity index (χ3v) is 6.33. The van der Waals surface area contributed by atoms with Gasteiger partial charge in [-0.05, 0) is 64.3 Å². The van der Waals surface area contributed by atoms with Gasteiger partial charge in [0.2, 0.25) is 5.91 Å². The van der Waals surface area contributed by atoms with Crippen molar-refractivity contribution in [3.8, 4) is 0 Å². The quantitative estimate of drug-likeness (QED) is 0.825. The number of carbonyl (C=O) groups is 2. The SMILES string of the molecule is CC(C)=CCN1C(=O)[C@H]2CC[C@@H]1CN(C(=O)c1ccc3[nH]c(C)c(C)c3c1)C2. The number of H-pyrrole nitrogens is 1. The number of hydrogen-bond acceptors (Lipinski definition) is 2. The highest BCUT2D eigenvalue weighted by Gasteiger charge is 2.41. The van der Waals surface area contributed by atoms with Crippen molar-refractivity contribution in [2.24, 2.45) is 5.92 Å². The van der Waals surface area contributed by atoms with E-state index in [-0.39, 0.29) is 23.8 Å². The van der Waals surface area contributed by atoms with Crippen molar-refractivity contribution in [3.05, 3.63) is 46.7 Å². The van der Waals surface area contributed by atoms with Crippen molar-refractivity contribution >= 4 is 22.7 Å². The predicted octanol–water partition coefficient (Wildman–Crippen LogP) is 3.81. The second-order valence-corrected chi connectivity index (χ2v) is 8.55. The van der Waals surface area contributed by atoms with Crippen LogP contribution in [0.4, 0.5) is 0 Å². The minimum atomic E-state index is -0.0757. The van der Waals surface area contributed by atoms with E-state index in [0.29, 0.717) is 25.2 Å². The number of aryl methyl sites for hydroxylation is 2. The maximum atomic E-state index is 13.3. The molecular formula is C23H29N3O2. The van der Waals surface area contributed by atoms with Crippen molar-refractivity contribution in [1.29, 1.82) is 0 Å². The molecular weight excluding hydrogens is 350 g/mol. The average molecular weight is 380 g/mol. The monoisotopic (exact) mass is 379 g/mol. The number of benzene rings is 1. The molecule has 0 unspecified atom stereocenters. The molecule has 3 aliphatic heterocycles. The summed E-state index contributed by atoms with van der Waals surface area (Å²) in [7, 11) is 0. The number of carbonyl (C=O) groups excluding carboxylic acids is 2. The van der Waals surface area contributed by atoms with Gasteiger partial charge in [0.25, 0.3) is 5.91 Å². The number of nitrogens with one attached hydrogen (secondary N) is 1. The smallest absolute Gasteiger partial charge is 0.253 e. The van der Waals surface area contributed by atoms with Crippen molar-refractivity contribution < 1.29 is 9.59 Å². The third-order valence-electron chi connectivity index (χ3n) is 6.33. The van der Waals surface area contributed by atoms with E-state index < -0.39 is 0 Å². The van der Waals surface area contributed by atoms with Gasteiger partial charge in [-0.3, -0.25) is 9.59 Å². The normalized spacial score (nSPS) is 21.9. The molecule has 2 aromatic rings. The molecule has 5 rings (SSSR count). The summed E-state index contributed by atoms with van der Waals surface area (Å²) < 4.78 is 0. The predicted molar refractivity (Wildman–Crippen MR) is 111 cm³/mol. The van der Waals surface area contributed by atoms with E-state index in [9.17, 15) is 9.59 Å². The summed E-state index contributed by atoms with van der Waals surface area (Å²) in [5.74, 6) is 0.166. The Hall–Kier alpha value is -2.56. The molecule has 2 bridgehead atoms. The highest BCUT2D eigenvalue weighted by molar-refractivity contribution is 5.99. The first-order chi connectivity index (χ1) is 13.3. The topological polar surface area (TPSA) is 56.4 Å². The first-order valence-electron chi connectivity index (χ1n) is 10.2. The minimum absolute atomic E-state index is 0.0360. The number of fused-ring (bicyclic) bond motifs is 5. The van der Waals surface area contributed by atoms with Crippen LogP contribution in [0, 0.1) is 19.8 Å². The Morgan fingerprint density at radius 2 is 2.00 bits per heavy atom. The van der Waals surface area contributed by atoms with Gasteiger partial charge in [0.05, 0.1) is 5.92 Å². The molecule has 2 atom stereocenters. The van der Waals surface area contributed by atoms with Crippen LogP contribution in [0.1, 0.15) is 48.3 Å². The minimum Gasteiger partial charge on any atom is -0.358 e. The van der Waals surface area contributed by atoms with Crippen molar-refractivity contribution in [3.63, 3.8) is 0 Å². The van der Waals surface area contributed by atoms with E-state index in [4.69, 9.17) is 0 Å². The molecule has 5 heteroatoms. The van der Waals surface area contributed by atoms with Crippen LogP contribution in [0.3, 0.4) is 0 Å². The van der Waals surface area contributed by atoms with E-state index in [1.165, 1.54) is 11.1 Å². The molecule has 28 heavy (non-hydrogen) atoms. The summed E-state index contributed by atoms with van der Waals surface area (Å²) >= 11 is 0. The molecule has 1 N–H and O–H groups in total. The van der Waals surface area contributed by atoms with Gasteiger partial charge in [-0.2, -0.15) is 0 Å². The highest BCUT2D eigenvalue weighted by atomic mass is 16.2. The lowest BCUT2D eigenvalue weighted by Crippen LogP contribution is -2.48. The van der Waals surface area contributed by atoms with E-state index >= 15 is 0 Å². The molecule has 4 heterocycles. The fourth-order valence-corrected chi connectivity index (χ4v) is 4.50. The zero-order valence-electron chi connectivity index (χ0n) is 17.2. The van der Waals surface area contributed by atoms with Gasteiger partial charge >= 0.3 is 0 Å². The fraction of sp³-hybridized carbons (Fsp3) is 0.478. The summed E-state index contributed by atoms with van der Waals surface area (Å²) in [6, 6.07) is 5.99. The van der Waals surface area contributed by atoms with E-state index in [0.717, 1.165) is 29.4 Å². The van der Waals surface area contributed by atoms with Gasteiger partial charge < -0.3 is 14.8 Å². The first-order valence-corrected chi connectivity index (χ1v) is 10.2. The summed E-state index contributed by atoms with van der Waals surface area (Å²) in [5, 5.41) is 1.10. The van der Waals surface area contributed by atoms with Gasteiger partial charge in [-0.15, -0.1) is 0 Å². The van der Waals surface area contributed by atoms with Gasteiger partial charge in [-0.25, -0.2) is 0 Å². The molecule has 2 amide bonds. The Morgan fingerprint density at radius 3 is 2.75 bits per heavy atom. The summed E-state index contributed by atoms with van der Waals surface area (Å²) in [6.45, 7) is 10.0. The molecule has 1 aromatic carbocycles. The lowest BCUT2D eigenvalue weighted by atomic mass is 9.94. The maximum absolute atomic E-state index is 13.3. The van der Waals surface area contributed by atoms with Crippen molar-refractivity contribution in [1.82, 2.24) is 14.8 Å². The second kappa shape index (κ2) is 7.12. The number of aromatic amines is 1. The largest absolute Gasteiger partial charge is 0.358 e. The fourth-order valence-electron chi connectivity index (χ4n) is 4.50. The van der Waals surface area contributed by atoms with Gasteiger partial charge in [0, 0.05) is 47.8 Å². The Kier molecular flexibility index (Phi) is 4.77. The standard InChI is InChI=1S/C23H29N3O2/c1-14(2)9-10-26-19-7-5-18(23(26)28)12-25(13-19)22(27)17-6-8-21-20(11-17)15(3)16(4)24-21/h6,8-9,11,18-19,24H,5,7,10,12-13H2,1-4H3/t18-,19+/m0/s1. The zero-order chi connectivity index (χ0) is 20.0. The Labute approximate surface area is 166 Å². The van der Waals surface area contributed by atoms with Crippen molar-refractivity contribution in [2.45, 2.75) is 46.6 Å². The second-order valence-electron chi connectivity index (χ2n) is 8.55. The van der Waals surface area contributed by atoms with Crippen LogP contribution >= 0.6 is 0 Å². The molecule has 3 fully saturated rings. The number of rotatable bonds is 3. The number of hydrogen-bond donors (Lipinski definition) is 1. The number of aromatic nitrogens is 1. The van der Waals surface area contributed by atoms with E-state index in [2.05, 4.69) is 38.8 Å². The lowest BCUT2D eigenvalue weighted by molar-refractivity contribution is -0.139. The summed E-state index contributed by atoms with van der Waals surface area (Å²) in [5.41, 5.74) is 5.30. The first kappa shape index (κ1) is 18.8.